The third-order valence-corrected chi connectivity index (χ3v) is 2.99. The summed E-state index contributed by atoms with van der Waals surface area (Å²) in [5, 5.41) is 3.15. The molecule has 0 bridgehead atoms. The van der Waals surface area contributed by atoms with Crippen molar-refractivity contribution in [2.24, 2.45) is 5.73 Å². The van der Waals surface area contributed by atoms with Gasteiger partial charge in [0.2, 0.25) is 5.91 Å². The first kappa shape index (κ1) is 11.8. The molecule has 1 saturated heterocycles. The SMILES string of the molecule is CN1CCC(Nc2cccnc2C(N)=S)C1=O. The van der Waals surface area contributed by atoms with E-state index in [0.717, 1.165) is 13.0 Å². The number of likely N-dealkylation sites (N-methyl/N-ethyl adjacent to an activating group) is 1. The van der Waals surface area contributed by atoms with E-state index in [0.29, 0.717) is 11.4 Å². The fraction of sp³-hybridized carbons (Fsp3) is 0.364. The van der Waals surface area contributed by atoms with Crippen LogP contribution in [-0.2, 0) is 4.79 Å². The minimum absolute atomic E-state index is 0.0859. The molecule has 1 fully saturated rings. The Bertz CT molecular complexity index is 463. The van der Waals surface area contributed by atoms with E-state index in [1.807, 2.05) is 6.07 Å². The molecule has 1 aromatic rings. The molecule has 1 aliphatic rings. The summed E-state index contributed by atoms with van der Waals surface area (Å²) in [5.41, 5.74) is 6.83. The molecule has 90 valence electrons. The molecular weight excluding hydrogens is 236 g/mol. The summed E-state index contributed by atoms with van der Waals surface area (Å²) in [7, 11) is 1.79. The average molecular weight is 250 g/mol. The predicted octanol–water partition coefficient (Wildman–Crippen LogP) is 0.358. The molecule has 0 spiro atoms. The van der Waals surface area contributed by atoms with Gasteiger partial charge in [0, 0.05) is 19.8 Å². The zero-order valence-electron chi connectivity index (χ0n) is 9.51. The lowest BCUT2D eigenvalue weighted by atomic mass is 10.2. The molecule has 3 N–H and O–H groups in total. The van der Waals surface area contributed by atoms with Crippen LogP contribution in [0.25, 0.3) is 0 Å². The van der Waals surface area contributed by atoms with Gasteiger partial charge in [0.05, 0.1) is 5.69 Å². The van der Waals surface area contributed by atoms with E-state index in [2.05, 4.69) is 10.3 Å². The highest BCUT2D eigenvalue weighted by Gasteiger charge is 2.29. The van der Waals surface area contributed by atoms with Crippen LogP contribution in [0.2, 0.25) is 0 Å². The Hall–Kier alpha value is -1.69. The van der Waals surface area contributed by atoms with E-state index in [4.69, 9.17) is 18.0 Å². The third kappa shape index (κ3) is 2.36. The Morgan fingerprint density at radius 1 is 1.71 bits per heavy atom. The number of nitrogens with one attached hydrogen (secondary N) is 1. The summed E-state index contributed by atoms with van der Waals surface area (Å²) < 4.78 is 0. The van der Waals surface area contributed by atoms with Crippen molar-refractivity contribution in [2.75, 3.05) is 18.9 Å². The van der Waals surface area contributed by atoms with Crippen LogP contribution in [0.4, 0.5) is 5.69 Å². The van der Waals surface area contributed by atoms with Crippen LogP contribution >= 0.6 is 12.2 Å². The maximum absolute atomic E-state index is 11.8. The van der Waals surface area contributed by atoms with Crippen molar-refractivity contribution in [2.45, 2.75) is 12.5 Å². The van der Waals surface area contributed by atoms with Crippen molar-refractivity contribution in [3.05, 3.63) is 24.0 Å². The largest absolute Gasteiger partial charge is 0.388 e. The molecule has 5 nitrogen and oxygen atoms in total. The first-order valence-electron chi connectivity index (χ1n) is 5.36. The number of carbonyl (C=O) groups excluding carboxylic acids is 1. The quantitative estimate of drug-likeness (QED) is 0.758. The van der Waals surface area contributed by atoms with Crippen LogP contribution in [0, 0.1) is 0 Å². The monoisotopic (exact) mass is 250 g/mol. The summed E-state index contributed by atoms with van der Waals surface area (Å²) >= 11 is 4.92. The van der Waals surface area contributed by atoms with Gasteiger partial charge in [-0.15, -0.1) is 0 Å². The van der Waals surface area contributed by atoms with Gasteiger partial charge in [-0.2, -0.15) is 0 Å². The Morgan fingerprint density at radius 3 is 3.06 bits per heavy atom. The first-order chi connectivity index (χ1) is 8.09. The second kappa shape index (κ2) is 4.67. The molecule has 17 heavy (non-hydrogen) atoms. The molecular formula is C11H14N4OS. The van der Waals surface area contributed by atoms with Crippen molar-refractivity contribution in [3.63, 3.8) is 0 Å². The Kier molecular flexibility index (Phi) is 3.23. The van der Waals surface area contributed by atoms with Gasteiger partial charge in [-0.1, -0.05) is 12.2 Å². The predicted molar refractivity (Wildman–Crippen MR) is 69.8 cm³/mol. The van der Waals surface area contributed by atoms with E-state index in [1.165, 1.54) is 0 Å². The first-order valence-corrected chi connectivity index (χ1v) is 5.76. The Morgan fingerprint density at radius 2 is 2.47 bits per heavy atom. The average Bonchev–Trinajstić information content (AvgIpc) is 2.61. The smallest absolute Gasteiger partial charge is 0.244 e. The highest BCUT2D eigenvalue weighted by atomic mass is 32.1. The highest BCUT2D eigenvalue weighted by Crippen LogP contribution is 2.18. The van der Waals surface area contributed by atoms with Crippen LogP contribution in [0.5, 0.6) is 0 Å². The Balaban J connectivity index is 2.19. The van der Waals surface area contributed by atoms with Crippen molar-refractivity contribution in [3.8, 4) is 0 Å². The number of nitrogens with two attached hydrogens (primary N) is 1. The fourth-order valence-corrected chi connectivity index (χ4v) is 2.02. The number of amides is 1. The van der Waals surface area contributed by atoms with Gasteiger partial charge in [0.25, 0.3) is 0 Å². The number of anilines is 1. The molecule has 0 saturated carbocycles. The fourth-order valence-electron chi connectivity index (χ4n) is 1.86. The zero-order valence-corrected chi connectivity index (χ0v) is 10.3. The molecule has 6 heteroatoms. The number of aromatic nitrogens is 1. The molecule has 1 atom stereocenters. The van der Waals surface area contributed by atoms with Crippen molar-refractivity contribution in [1.82, 2.24) is 9.88 Å². The molecule has 0 aromatic carbocycles. The van der Waals surface area contributed by atoms with Crippen molar-refractivity contribution in [1.29, 1.82) is 0 Å². The van der Waals surface area contributed by atoms with Crippen LogP contribution in [0.3, 0.4) is 0 Å². The molecule has 0 aliphatic carbocycles. The van der Waals surface area contributed by atoms with Crippen molar-refractivity contribution < 1.29 is 4.79 Å². The number of nitrogens with zero attached hydrogens (tertiary/aromatic N) is 2. The lowest BCUT2D eigenvalue weighted by Gasteiger charge is -2.15. The zero-order chi connectivity index (χ0) is 12.4. The summed E-state index contributed by atoms with van der Waals surface area (Å²) in [6, 6.07) is 3.40. The molecule has 1 amide bonds. The third-order valence-electron chi connectivity index (χ3n) is 2.80. The molecule has 2 heterocycles. The molecule has 2 rings (SSSR count). The molecule has 0 radical (unpaired) electrons. The summed E-state index contributed by atoms with van der Waals surface area (Å²) in [6.45, 7) is 0.763. The van der Waals surface area contributed by atoms with Crippen LogP contribution in [0.1, 0.15) is 12.1 Å². The lowest BCUT2D eigenvalue weighted by molar-refractivity contribution is -0.127. The highest BCUT2D eigenvalue weighted by molar-refractivity contribution is 7.80. The Labute approximate surface area is 105 Å². The molecule has 1 aliphatic heterocycles. The van der Waals surface area contributed by atoms with Gasteiger partial charge in [0.15, 0.2) is 0 Å². The second-order valence-electron chi connectivity index (χ2n) is 4.01. The van der Waals surface area contributed by atoms with Gasteiger partial charge >= 0.3 is 0 Å². The van der Waals surface area contributed by atoms with E-state index in [-0.39, 0.29) is 16.9 Å². The second-order valence-corrected chi connectivity index (χ2v) is 4.45. The number of likely N-dealkylation sites (tertiary alicyclic amines) is 1. The number of thiocarbonyl (C=S) groups is 1. The van der Waals surface area contributed by atoms with Gasteiger partial charge in [-0.05, 0) is 18.6 Å². The van der Waals surface area contributed by atoms with Gasteiger partial charge in [-0.3, -0.25) is 9.78 Å². The lowest BCUT2D eigenvalue weighted by Crippen LogP contribution is -2.31. The number of rotatable bonds is 3. The van der Waals surface area contributed by atoms with Crippen LogP contribution < -0.4 is 11.1 Å². The van der Waals surface area contributed by atoms with E-state index >= 15 is 0 Å². The summed E-state index contributed by atoms with van der Waals surface area (Å²) in [5.74, 6) is 0.0859. The molecule has 1 aromatic heterocycles. The minimum atomic E-state index is -0.211. The molecule has 1 unspecified atom stereocenters. The topological polar surface area (TPSA) is 71.2 Å². The summed E-state index contributed by atoms with van der Waals surface area (Å²) in [4.78, 5) is 17.8. The van der Waals surface area contributed by atoms with Gasteiger partial charge < -0.3 is 16.0 Å². The van der Waals surface area contributed by atoms with E-state index < -0.39 is 0 Å². The number of hydrogen-bond donors (Lipinski definition) is 2. The van der Waals surface area contributed by atoms with Crippen LogP contribution in [0.15, 0.2) is 18.3 Å². The maximum Gasteiger partial charge on any atom is 0.244 e. The van der Waals surface area contributed by atoms with Crippen molar-refractivity contribution >= 4 is 28.8 Å². The summed E-state index contributed by atoms with van der Waals surface area (Å²) in [6.07, 6.45) is 2.41. The number of hydrogen-bond acceptors (Lipinski definition) is 4. The van der Waals surface area contributed by atoms with Crippen LogP contribution in [-0.4, -0.2) is 40.4 Å². The van der Waals surface area contributed by atoms with E-state index in [9.17, 15) is 4.79 Å². The maximum atomic E-state index is 11.8. The minimum Gasteiger partial charge on any atom is -0.388 e. The number of pyridine rings is 1. The van der Waals surface area contributed by atoms with E-state index in [1.54, 1.807) is 24.2 Å². The number of carbonyl (C=O) groups is 1. The normalized spacial score (nSPS) is 19.5. The standard InChI is InChI=1S/C11H14N4OS/c1-15-6-4-8(11(15)16)14-7-3-2-5-13-9(7)10(12)17/h2-3,5,8,14H,4,6H2,1H3,(H2,12,17). The van der Waals surface area contributed by atoms with Gasteiger partial charge in [0.1, 0.15) is 16.7 Å². The van der Waals surface area contributed by atoms with Gasteiger partial charge in [-0.25, -0.2) is 0 Å².